The van der Waals surface area contributed by atoms with E-state index in [1.165, 1.54) is 0 Å². The van der Waals surface area contributed by atoms with Crippen LogP contribution in [0.4, 0.5) is 4.79 Å². The summed E-state index contributed by atoms with van der Waals surface area (Å²) in [5, 5.41) is 13.0. The molecule has 20 heavy (non-hydrogen) atoms. The summed E-state index contributed by atoms with van der Waals surface area (Å²) in [5.74, 6) is -1.48. The first-order valence-corrected chi connectivity index (χ1v) is 8.13. The Balaban J connectivity index is 2.23. The molecule has 0 radical (unpaired) electrons. The van der Waals surface area contributed by atoms with E-state index in [0.29, 0.717) is 12.8 Å². The number of rotatable bonds is 5. The van der Waals surface area contributed by atoms with Crippen molar-refractivity contribution >= 4 is 27.7 Å². The normalized spacial score (nSPS) is 18.2. The van der Waals surface area contributed by atoms with E-state index < -0.39 is 27.7 Å². The van der Waals surface area contributed by atoms with Crippen LogP contribution in [0.25, 0.3) is 0 Å². The number of carbonyl (C=O) groups excluding carboxylic acids is 2. The lowest BCUT2D eigenvalue weighted by atomic mass is 10.1. The van der Waals surface area contributed by atoms with Gasteiger partial charge in [0.1, 0.15) is 9.84 Å². The predicted molar refractivity (Wildman–Crippen MR) is 69.8 cm³/mol. The third kappa shape index (κ3) is 6.50. The Morgan fingerprint density at radius 3 is 2.25 bits per heavy atom. The number of hydrogen-bond donors (Lipinski definition) is 3. The second kappa shape index (κ2) is 7.22. The summed E-state index contributed by atoms with van der Waals surface area (Å²) in [5.41, 5.74) is 0. The van der Waals surface area contributed by atoms with Crippen LogP contribution >= 0.6 is 0 Å². The van der Waals surface area contributed by atoms with Crippen molar-refractivity contribution in [2.75, 3.05) is 11.5 Å². The molecule has 1 heterocycles. The quantitative estimate of drug-likeness (QED) is 0.636. The number of carbonyl (C=O) groups is 3. The highest BCUT2D eigenvalue weighted by Crippen LogP contribution is 2.11. The summed E-state index contributed by atoms with van der Waals surface area (Å²) in [6, 6.07) is -0.931. The van der Waals surface area contributed by atoms with E-state index in [0.717, 1.165) is 0 Å². The van der Waals surface area contributed by atoms with Crippen molar-refractivity contribution in [2.24, 2.45) is 0 Å². The fourth-order valence-corrected chi connectivity index (χ4v) is 3.34. The molecule has 9 heteroatoms. The van der Waals surface area contributed by atoms with Crippen LogP contribution in [0.15, 0.2) is 0 Å². The van der Waals surface area contributed by atoms with Crippen molar-refractivity contribution in [1.82, 2.24) is 10.6 Å². The summed E-state index contributed by atoms with van der Waals surface area (Å²) in [6.07, 6.45) is 0.663. The van der Waals surface area contributed by atoms with E-state index >= 15 is 0 Å². The van der Waals surface area contributed by atoms with Gasteiger partial charge in [-0.1, -0.05) is 0 Å². The van der Waals surface area contributed by atoms with Crippen molar-refractivity contribution in [3.63, 3.8) is 0 Å². The highest BCUT2D eigenvalue weighted by molar-refractivity contribution is 7.91. The Labute approximate surface area is 116 Å². The Kier molecular flexibility index (Phi) is 5.93. The zero-order chi connectivity index (χ0) is 15.2. The van der Waals surface area contributed by atoms with Crippen molar-refractivity contribution in [3.05, 3.63) is 0 Å². The molecular formula is C11H18N2O6S. The molecule has 0 aromatic rings. The summed E-state index contributed by atoms with van der Waals surface area (Å²) in [4.78, 5) is 33.0. The third-order valence-electron chi connectivity index (χ3n) is 2.94. The smallest absolute Gasteiger partial charge is 0.321 e. The number of imide groups is 1. The molecule has 0 aliphatic carbocycles. The second-order valence-electron chi connectivity index (χ2n) is 4.70. The van der Waals surface area contributed by atoms with Gasteiger partial charge in [-0.2, -0.15) is 0 Å². The molecule has 8 nitrogen and oxygen atoms in total. The molecule has 1 rings (SSSR count). The van der Waals surface area contributed by atoms with E-state index in [4.69, 9.17) is 5.11 Å². The van der Waals surface area contributed by atoms with E-state index in [1.54, 1.807) is 0 Å². The van der Waals surface area contributed by atoms with Crippen LogP contribution in [0.5, 0.6) is 0 Å². The van der Waals surface area contributed by atoms with Crippen LogP contribution in [-0.4, -0.2) is 49.0 Å². The minimum absolute atomic E-state index is 0.0322. The lowest BCUT2D eigenvalue weighted by Crippen LogP contribution is -2.47. The molecule has 0 spiro atoms. The van der Waals surface area contributed by atoms with Crippen LogP contribution in [0, 0.1) is 0 Å². The molecule has 0 aromatic carbocycles. The van der Waals surface area contributed by atoms with Crippen molar-refractivity contribution < 1.29 is 27.9 Å². The standard InChI is InChI=1S/C11H18N2O6S/c14-9(2-1-3-10(15)16)13-11(17)12-8-4-6-20(18,19)7-5-8/h8H,1-7H2,(H,15,16)(H2,12,13,14,17). The summed E-state index contributed by atoms with van der Waals surface area (Å²) in [7, 11) is -2.99. The molecule has 1 saturated heterocycles. The van der Waals surface area contributed by atoms with E-state index in [9.17, 15) is 22.8 Å². The van der Waals surface area contributed by atoms with Gasteiger partial charge in [0.05, 0.1) is 11.5 Å². The Hall–Kier alpha value is -1.64. The molecule has 0 atom stereocenters. The summed E-state index contributed by atoms with van der Waals surface area (Å²) in [6.45, 7) is 0. The molecule has 0 saturated carbocycles. The van der Waals surface area contributed by atoms with Crippen molar-refractivity contribution in [3.8, 4) is 0 Å². The molecule has 1 aliphatic heterocycles. The Bertz CT molecular complexity index is 473. The number of nitrogens with one attached hydrogen (secondary N) is 2. The molecule has 3 amide bonds. The summed E-state index contributed by atoms with van der Waals surface area (Å²) >= 11 is 0. The van der Waals surface area contributed by atoms with Crippen molar-refractivity contribution in [1.29, 1.82) is 0 Å². The van der Waals surface area contributed by atoms with Gasteiger partial charge < -0.3 is 10.4 Å². The maximum Gasteiger partial charge on any atom is 0.321 e. The first kappa shape index (κ1) is 16.4. The fourth-order valence-electron chi connectivity index (χ4n) is 1.85. The lowest BCUT2D eigenvalue weighted by molar-refractivity contribution is -0.137. The molecule has 1 fully saturated rings. The fraction of sp³-hybridized carbons (Fsp3) is 0.727. The van der Waals surface area contributed by atoms with Gasteiger partial charge in [-0.15, -0.1) is 0 Å². The van der Waals surface area contributed by atoms with Gasteiger partial charge in [0.2, 0.25) is 5.91 Å². The van der Waals surface area contributed by atoms with Gasteiger partial charge >= 0.3 is 12.0 Å². The second-order valence-corrected chi connectivity index (χ2v) is 7.00. The van der Waals surface area contributed by atoms with Gasteiger partial charge in [0, 0.05) is 18.9 Å². The SMILES string of the molecule is O=C(O)CCCC(=O)NC(=O)NC1CCS(=O)(=O)CC1. The number of carboxylic acid groups (broad SMARTS) is 1. The van der Waals surface area contributed by atoms with Gasteiger partial charge in [-0.3, -0.25) is 14.9 Å². The first-order chi connectivity index (χ1) is 9.28. The highest BCUT2D eigenvalue weighted by Gasteiger charge is 2.24. The number of amides is 3. The number of sulfone groups is 1. The average molecular weight is 306 g/mol. The largest absolute Gasteiger partial charge is 0.481 e. The van der Waals surface area contributed by atoms with Crippen LogP contribution < -0.4 is 10.6 Å². The zero-order valence-electron chi connectivity index (χ0n) is 10.9. The van der Waals surface area contributed by atoms with Crippen LogP contribution in [0.1, 0.15) is 32.1 Å². The van der Waals surface area contributed by atoms with Crippen LogP contribution in [0.2, 0.25) is 0 Å². The van der Waals surface area contributed by atoms with E-state index in [-0.39, 0.29) is 36.8 Å². The van der Waals surface area contributed by atoms with Gasteiger partial charge in [0.25, 0.3) is 0 Å². The maximum absolute atomic E-state index is 11.5. The topological polar surface area (TPSA) is 130 Å². The molecular weight excluding hydrogens is 288 g/mol. The van der Waals surface area contributed by atoms with Crippen molar-refractivity contribution in [2.45, 2.75) is 38.1 Å². The predicted octanol–water partition coefficient (Wildman–Crippen LogP) is -0.356. The zero-order valence-corrected chi connectivity index (χ0v) is 11.7. The summed E-state index contributed by atoms with van der Waals surface area (Å²) < 4.78 is 22.4. The minimum Gasteiger partial charge on any atom is -0.481 e. The van der Waals surface area contributed by atoms with E-state index in [2.05, 4.69) is 10.6 Å². The van der Waals surface area contributed by atoms with Gasteiger partial charge in [0.15, 0.2) is 0 Å². The lowest BCUT2D eigenvalue weighted by Gasteiger charge is -2.22. The molecule has 0 bridgehead atoms. The monoisotopic (exact) mass is 306 g/mol. The minimum atomic E-state index is -2.99. The Morgan fingerprint density at radius 1 is 1.10 bits per heavy atom. The maximum atomic E-state index is 11.5. The van der Waals surface area contributed by atoms with Gasteiger partial charge in [-0.25, -0.2) is 13.2 Å². The Morgan fingerprint density at radius 2 is 1.70 bits per heavy atom. The molecule has 3 N–H and O–H groups in total. The first-order valence-electron chi connectivity index (χ1n) is 6.31. The highest BCUT2D eigenvalue weighted by atomic mass is 32.2. The van der Waals surface area contributed by atoms with Crippen LogP contribution in [0.3, 0.4) is 0 Å². The average Bonchev–Trinajstić information content (AvgIpc) is 2.31. The number of carboxylic acids is 1. The molecule has 1 aliphatic rings. The molecule has 0 unspecified atom stereocenters. The molecule has 114 valence electrons. The van der Waals surface area contributed by atoms with Crippen LogP contribution in [-0.2, 0) is 19.4 Å². The van der Waals surface area contributed by atoms with Gasteiger partial charge in [-0.05, 0) is 19.3 Å². The number of hydrogen-bond acceptors (Lipinski definition) is 5. The number of aliphatic carboxylic acids is 1. The van der Waals surface area contributed by atoms with E-state index in [1.807, 2.05) is 0 Å². The third-order valence-corrected chi connectivity index (χ3v) is 4.65. The molecule has 0 aromatic heterocycles. The number of urea groups is 1.